The highest BCUT2D eigenvalue weighted by Gasteiger charge is 2.47. The molecule has 4 rings (SSSR count). The Morgan fingerprint density at radius 1 is 1.25 bits per heavy atom. The van der Waals surface area contributed by atoms with Crippen LogP contribution in [-0.4, -0.2) is 45.1 Å². The van der Waals surface area contributed by atoms with Crippen LogP contribution in [0.5, 0.6) is 0 Å². The molecule has 24 heavy (non-hydrogen) atoms. The normalized spacial score (nSPS) is 23.7. The monoisotopic (exact) mass is 324 g/mol. The zero-order valence-electron chi connectivity index (χ0n) is 14.4. The molecular formula is C19H24N4O. The molecule has 1 spiro atoms. The van der Waals surface area contributed by atoms with E-state index in [1.165, 1.54) is 16.8 Å². The number of rotatable bonds is 2. The van der Waals surface area contributed by atoms with Crippen molar-refractivity contribution >= 4 is 5.91 Å². The first-order valence-corrected chi connectivity index (χ1v) is 8.61. The summed E-state index contributed by atoms with van der Waals surface area (Å²) in [6.45, 7) is 6.14. The first-order chi connectivity index (χ1) is 11.6. The molecule has 2 aliphatic heterocycles. The van der Waals surface area contributed by atoms with E-state index in [-0.39, 0.29) is 11.3 Å². The number of nitrogens with zero attached hydrogens (tertiary/aromatic N) is 4. The molecule has 126 valence electrons. The van der Waals surface area contributed by atoms with Crippen LogP contribution in [-0.2, 0) is 30.3 Å². The third kappa shape index (κ3) is 2.63. The van der Waals surface area contributed by atoms with E-state index in [0.29, 0.717) is 0 Å². The second kappa shape index (κ2) is 5.74. The Hall–Kier alpha value is -2.14. The molecule has 1 amide bonds. The van der Waals surface area contributed by atoms with Gasteiger partial charge in [-0.15, -0.1) is 0 Å². The van der Waals surface area contributed by atoms with Crippen molar-refractivity contribution in [1.29, 1.82) is 0 Å². The number of hydrogen-bond donors (Lipinski definition) is 0. The minimum absolute atomic E-state index is 0.0186. The minimum atomic E-state index is -0.0186. The van der Waals surface area contributed by atoms with Crippen molar-refractivity contribution in [1.82, 2.24) is 19.6 Å². The van der Waals surface area contributed by atoms with E-state index < -0.39 is 0 Å². The fraction of sp³-hybridized carbons (Fsp3) is 0.474. The smallest absolute Gasteiger partial charge is 0.219 e. The number of amides is 1. The first kappa shape index (κ1) is 15.4. The Kier molecular flexibility index (Phi) is 3.68. The standard InChI is InChI=1S/C19H24N4O/c1-15(24)23-9-8-19(14-23)13-22(10-16-6-4-3-5-7-16)12-17-11-21(2)20-18(17)19/h3-7,11H,8-10,12-14H2,1-2H3. The molecule has 0 radical (unpaired) electrons. The minimum Gasteiger partial charge on any atom is -0.342 e. The summed E-state index contributed by atoms with van der Waals surface area (Å²) in [5, 5.41) is 4.77. The van der Waals surface area contributed by atoms with Crippen LogP contribution in [0.15, 0.2) is 36.5 Å². The molecule has 1 saturated heterocycles. The Morgan fingerprint density at radius 3 is 2.75 bits per heavy atom. The Morgan fingerprint density at radius 2 is 2.04 bits per heavy atom. The van der Waals surface area contributed by atoms with Crippen LogP contribution in [0.2, 0.25) is 0 Å². The van der Waals surface area contributed by atoms with Gasteiger partial charge in [-0.2, -0.15) is 5.10 Å². The zero-order valence-corrected chi connectivity index (χ0v) is 14.4. The van der Waals surface area contributed by atoms with Crippen molar-refractivity contribution in [3.8, 4) is 0 Å². The number of carbonyl (C=O) groups is 1. The van der Waals surface area contributed by atoms with Gasteiger partial charge in [0.2, 0.25) is 5.91 Å². The van der Waals surface area contributed by atoms with Crippen LogP contribution in [0, 0.1) is 0 Å². The molecule has 1 fully saturated rings. The van der Waals surface area contributed by atoms with E-state index in [4.69, 9.17) is 5.10 Å². The van der Waals surface area contributed by atoms with Gasteiger partial charge in [-0.3, -0.25) is 14.4 Å². The number of benzene rings is 1. The molecule has 1 atom stereocenters. The molecule has 1 aromatic carbocycles. The van der Waals surface area contributed by atoms with E-state index in [0.717, 1.165) is 39.1 Å². The molecule has 5 nitrogen and oxygen atoms in total. The van der Waals surface area contributed by atoms with E-state index in [9.17, 15) is 4.79 Å². The van der Waals surface area contributed by atoms with Crippen molar-refractivity contribution in [2.45, 2.75) is 31.8 Å². The van der Waals surface area contributed by atoms with Gasteiger partial charge in [-0.1, -0.05) is 30.3 Å². The zero-order chi connectivity index (χ0) is 16.7. The molecule has 3 heterocycles. The molecule has 5 heteroatoms. The second-order valence-electron chi connectivity index (χ2n) is 7.28. The molecular weight excluding hydrogens is 300 g/mol. The highest BCUT2D eigenvalue weighted by molar-refractivity contribution is 5.74. The molecule has 2 aromatic rings. The van der Waals surface area contributed by atoms with Gasteiger partial charge < -0.3 is 4.90 Å². The predicted octanol–water partition coefficient (Wildman–Crippen LogP) is 1.93. The third-order valence-electron chi connectivity index (χ3n) is 5.38. The van der Waals surface area contributed by atoms with Gasteiger partial charge in [-0.05, 0) is 12.0 Å². The maximum absolute atomic E-state index is 11.8. The summed E-state index contributed by atoms with van der Waals surface area (Å²) < 4.78 is 1.93. The summed E-state index contributed by atoms with van der Waals surface area (Å²) in [6.07, 6.45) is 3.15. The number of aryl methyl sites for hydroxylation is 1. The van der Waals surface area contributed by atoms with Gasteiger partial charge in [0.1, 0.15) is 0 Å². The maximum atomic E-state index is 11.8. The molecule has 0 aliphatic carbocycles. The summed E-state index contributed by atoms with van der Waals surface area (Å²) in [6, 6.07) is 10.6. The molecule has 2 aliphatic rings. The average Bonchev–Trinajstić information content (AvgIpc) is 3.13. The van der Waals surface area contributed by atoms with Crippen molar-refractivity contribution in [2.24, 2.45) is 7.05 Å². The van der Waals surface area contributed by atoms with Crippen LogP contribution < -0.4 is 0 Å². The topological polar surface area (TPSA) is 41.4 Å². The largest absolute Gasteiger partial charge is 0.342 e. The Bertz CT molecular complexity index is 754. The summed E-state index contributed by atoms with van der Waals surface area (Å²) in [4.78, 5) is 16.3. The lowest BCUT2D eigenvalue weighted by molar-refractivity contribution is -0.128. The lowest BCUT2D eigenvalue weighted by atomic mass is 9.78. The molecule has 1 unspecified atom stereocenters. The van der Waals surface area contributed by atoms with Crippen LogP contribution >= 0.6 is 0 Å². The highest BCUT2D eigenvalue weighted by Crippen LogP contribution is 2.40. The number of fused-ring (bicyclic) bond motifs is 2. The van der Waals surface area contributed by atoms with Crippen LogP contribution in [0.25, 0.3) is 0 Å². The second-order valence-corrected chi connectivity index (χ2v) is 7.28. The molecule has 0 bridgehead atoms. The Labute approximate surface area is 142 Å². The average molecular weight is 324 g/mol. The van der Waals surface area contributed by atoms with E-state index in [1.54, 1.807) is 6.92 Å². The number of likely N-dealkylation sites (tertiary alicyclic amines) is 1. The van der Waals surface area contributed by atoms with Crippen molar-refractivity contribution < 1.29 is 4.79 Å². The van der Waals surface area contributed by atoms with E-state index in [2.05, 4.69) is 41.4 Å². The van der Waals surface area contributed by atoms with Crippen molar-refractivity contribution in [3.05, 3.63) is 53.3 Å². The number of aromatic nitrogens is 2. The first-order valence-electron chi connectivity index (χ1n) is 8.61. The van der Waals surface area contributed by atoms with Gasteiger partial charge >= 0.3 is 0 Å². The summed E-state index contributed by atoms with van der Waals surface area (Å²) >= 11 is 0. The van der Waals surface area contributed by atoms with Gasteiger partial charge in [0.05, 0.1) is 5.69 Å². The maximum Gasteiger partial charge on any atom is 0.219 e. The van der Waals surface area contributed by atoms with E-state index >= 15 is 0 Å². The summed E-state index contributed by atoms with van der Waals surface area (Å²) in [5.74, 6) is 0.171. The van der Waals surface area contributed by atoms with Gasteiger partial charge in [0.25, 0.3) is 0 Å². The summed E-state index contributed by atoms with van der Waals surface area (Å²) in [7, 11) is 1.99. The lowest BCUT2D eigenvalue weighted by Crippen LogP contribution is -2.47. The highest BCUT2D eigenvalue weighted by atomic mass is 16.2. The Balaban J connectivity index is 1.64. The SMILES string of the molecule is CC(=O)N1CCC2(CN(Cc3ccccc3)Cc3cn(C)nc32)C1. The van der Waals surface area contributed by atoms with Crippen molar-refractivity contribution in [2.75, 3.05) is 19.6 Å². The predicted molar refractivity (Wildman–Crippen MR) is 92.3 cm³/mol. The third-order valence-corrected chi connectivity index (χ3v) is 5.38. The molecule has 0 saturated carbocycles. The van der Waals surface area contributed by atoms with Gasteiger partial charge in [-0.25, -0.2) is 0 Å². The van der Waals surface area contributed by atoms with Gasteiger partial charge in [0, 0.05) is 63.9 Å². The van der Waals surface area contributed by atoms with E-state index in [1.807, 2.05) is 16.6 Å². The van der Waals surface area contributed by atoms with Crippen LogP contribution in [0.4, 0.5) is 0 Å². The van der Waals surface area contributed by atoms with Crippen LogP contribution in [0.3, 0.4) is 0 Å². The number of hydrogen-bond acceptors (Lipinski definition) is 3. The number of carbonyl (C=O) groups excluding carboxylic acids is 1. The van der Waals surface area contributed by atoms with Crippen LogP contribution in [0.1, 0.15) is 30.2 Å². The molecule has 0 N–H and O–H groups in total. The lowest BCUT2D eigenvalue weighted by Gasteiger charge is -2.39. The summed E-state index contributed by atoms with van der Waals surface area (Å²) in [5.41, 5.74) is 3.83. The van der Waals surface area contributed by atoms with Crippen molar-refractivity contribution in [3.63, 3.8) is 0 Å². The fourth-order valence-corrected chi connectivity index (χ4v) is 4.32. The van der Waals surface area contributed by atoms with Gasteiger partial charge in [0.15, 0.2) is 0 Å². The molecule has 1 aromatic heterocycles. The fourth-order valence-electron chi connectivity index (χ4n) is 4.32. The quantitative estimate of drug-likeness (QED) is 0.847.